The fraction of sp³-hybridized carbons (Fsp3) is 1.00. The lowest BCUT2D eigenvalue weighted by Gasteiger charge is -2.34. The van der Waals surface area contributed by atoms with Crippen LogP contribution in [0.25, 0.3) is 0 Å². The topological polar surface area (TPSA) is 32.3 Å². The summed E-state index contributed by atoms with van der Waals surface area (Å²) in [4.78, 5) is 0. The Labute approximate surface area is 110 Å². The maximum absolute atomic E-state index is 10.4. The third-order valence-corrected chi connectivity index (χ3v) is 6.05. The summed E-state index contributed by atoms with van der Waals surface area (Å²) in [6.07, 6.45) is 13.4. The molecule has 0 amide bonds. The summed E-state index contributed by atoms with van der Waals surface area (Å²) < 4.78 is 0.463. The van der Waals surface area contributed by atoms with Crippen LogP contribution < -0.4 is 5.32 Å². The minimum atomic E-state index is -0.406. The van der Waals surface area contributed by atoms with Crippen molar-refractivity contribution in [2.24, 2.45) is 0 Å². The van der Waals surface area contributed by atoms with Crippen LogP contribution >= 0.6 is 11.8 Å². The van der Waals surface area contributed by atoms with Gasteiger partial charge in [0, 0.05) is 17.8 Å². The van der Waals surface area contributed by atoms with Gasteiger partial charge in [0.05, 0.1) is 5.60 Å². The van der Waals surface area contributed by atoms with Crippen LogP contribution in [0.4, 0.5) is 0 Å². The van der Waals surface area contributed by atoms with Gasteiger partial charge in [-0.3, -0.25) is 0 Å². The summed E-state index contributed by atoms with van der Waals surface area (Å²) >= 11 is 2.02. The molecule has 0 aliphatic heterocycles. The van der Waals surface area contributed by atoms with Gasteiger partial charge >= 0.3 is 0 Å². The van der Waals surface area contributed by atoms with Gasteiger partial charge < -0.3 is 10.4 Å². The molecule has 0 bridgehead atoms. The Bertz CT molecular complexity index is 232. The number of hydrogen-bond acceptors (Lipinski definition) is 3. The Balaban J connectivity index is 1.74. The first-order valence-corrected chi connectivity index (χ1v) is 8.39. The first-order chi connectivity index (χ1) is 8.18. The third-order valence-electron chi connectivity index (χ3n) is 4.63. The van der Waals surface area contributed by atoms with Gasteiger partial charge in [-0.1, -0.05) is 32.1 Å². The standard InChI is InChI=1S/C14H27NOS/c1-17-14(9-5-6-10-14)12-15-11-13(16)7-3-2-4-8-13/h15-16H,2-12H2,1H3. The second-order valence-electron chi connectivity index (χ2n) is 5.98. The average molecular weight is 257 g/mol. The average Bonchev–Trinajstić information content (AvgIpc) is 2.79. The largest absolute Gasteiger partial charge is 0.389 e. The summed E-state index contributed by atoms with van der Waals surface area (Å²) in [5.41, 5.74) is -0.406. The van der Waals surface area contributed by atoms with Gasteiger partial charge in [-0.05, 0) is 31.9 Å². The maximum atomic E-state index is 10.4. The molecule has 2 N–H and O–H groups in total. The normalized spacial score (nSPS) is 27.2. The van der Waals surface area contributed by atoms with E-state index in [1.54, 1.807) is 0 Å². The fourth-order valence-electron chi connectivity index (χ4n) is 3.38. The highest BCUT2D eigenvalue weighted by Gasteiger charge is 2.34. The van der Waals surface area contributed by atoms with E-state index >= 15 is 0 Å². The van der Waals surface area contributed by atoms with Gasteiger partial charge in [0.25, 0.3) is 0 Å². The zero-order chi connectivity index (χ0) is 12.2. The number of nitrogens with one attached hydrogen (secondary N) is 1. The zero-order valence-electron chi connectivity index (χ0n) is 11.1. The minimum absolute atomic E-state index is 0.406. The Hall–Kier alpha value is 0.270. The molecule has 0 aromatic heterocycles. The second-order valence-corrected chi connectivity index (χ2v) is 7.26. The molecule has 0 saturated heterocycles. The van der Waals surface area contributed by atoms with E-state index in [2.05, 4.69) is 11.6 Å². The highest BCUT2D eigenvalue weighted by atomic mass is 32.2. The van der Waals surface area contributed by atoms with Crippen molar-refractivity contribution in [2.45, 2.75) is 68.1 Å². The van der Waals surface area contributed by atoms with Gasteiger partial charge in [-0.15, -0.1) is 0 Å². The summed E-state index contributed by atoms with van der Waals surface area (Å²) in [6.45, 7) is 1.88. The molecule has 0 aromatic carbocycles. The highest BCUT2D eigenvalue weighted by Crippen LogP contribution is 2.39. The Morgan fingerprint density at radius 3 is 2.12 bits per heavy atom. The lowest BCUT2D eigenvalue weighted by molar-refractivity contribution is 0.00467. The SMILES string of the molecule is CSC1(CNCC2(O)CCCCC2)CCCC1. The van der Waals surface area contributed by atoms with Crippen molar-refractivity contribution in [3.05, 3.63) is 0 Å². The van der Waals surface area contributed by atoms with Gasteiger partial charge in [0.15, 0.2) is 0 Å². The van der Waals surface area contributed by atoms with Crippen molar-refractivity contribution < 1.29 is 5.11 Å². The second kappa shape index (κ2) is 5.94. The van der Waals surface area contributed by atoms with Crippen LogP contribution in [0.5, 0.6) is 0 Å². The molecule has 0 heterocycles. The van der Waals surface area contributed by atoms with Crippen molar-refractivity contribution in [1.82, 2.24) is 5.32 Å². The molecule has 2 aliphatic carbocycles. The summed E-state index contributed by atoms with van der Waals surface area (Å²) in [5, 5.41) is 14.0. The highest BCUT2D eigenvalue weighted by molar-refractivity contribution is 8.00. The van der Waals surface area contributed by atoms with Crippen LogP contribution in [0.3, 0.4) is 0 Å². The molecule has 100 valence electrons. The molecular weight excluding hydrogens is 230 g/mol. The lowest BCUT2D eigenvalue weighted by Crippen LogP contribution is -2.46. The fourth-order valence-corrected chi connectivity index (χ4v) is 4.33. The summed E-state index contributed by atoms with van der Waals surface area (Å²) in [6, 6.07) is 0. The van der Waals surface area contributed by atoms with Crippen LogP contribution in [0.2, 0.25) is 0 Å². The van der Waals surface area contributed by atoms with Crippen molar-refractivity contribution in [1.29, 1.82) is 0 Å². The van der Waals surface area contributed by atoms with Gasteiger partial charge in [-0.2, -0.15) is 11.8 Å². The first kappa shape index (κ1) is 13.7. The molecule has 2 rings (SSSR count). The van der Waals surface area contributed by atoms with E-state index in [4.69, 9.17) is 0 Å². The van der Waals surface area contributed by atoms with Crippen LogP contribution in [0.15, 0.2) is 0 Å². The summed E-state index contributed by atoms with van der Waals surface area (Å²) in [5.74, 6) is 0. The molecule has 0 unspecified atom stereocenters. The number of hydrogen-bond donors (Lipinski definition) is 2. The molecule has 3 heteroatoms. The Kier molecular flexibility index (Phi) is 4.79. The van der Waals surface area contributed by atoms with E-state index in [-0.39, 0.29) is 0 Å². The maximum Gasteiger partial charge on any atom is 0.0771 e. The molecule has 0 aromatic rings. The van der Waals surface area contributed by atoms with Crippen molar-refractivity contribution >= 4 is 11.8 Å². The molecule has 2 saturated carbocycles. The van der Waals surface area contributed by atoms with Gasteiger partial charge in [-0.25, -0.2) is 0 Å². The monoisotopic (exact) mass is 257 g/mol. The predicted molar refractivity (Wildman–Crippen MR) is 75.6 cm³/mol. The molecule has 2 fully saturated rings. The van der Waals surface area contributed by atoms with Gasteiger partial charge in [0.2, 0.25) is 0 Å². The molecule has 0 spiro atoms. The van der Waals surface area contributed by atoms with Gasteiger partial charge in [0.1, 0.15) is 0 Å². The van der Waals surface area contributed by atoms with E-state index in [9.17, 15) is 5.11 Å². The van der Waals surface area contributed by atoms with E-state index in [1.165, 1.54) is 44.9 Å². The smallest absolute Gasteiger partial charge is 0.0771 e. The number of rotatable bonds is 5. The molecule has 0 atom stereocenters. The quantitative estimate of drug-likeness (QED) is 0.794. The molecular formula is C14H27NOS. The number of thioether (sulfide) groups is 1. The van der Waals surface area contributed by atoms with E-state index < -0.39 is 5.60 Å². The summed E-state index contributed by atoms with van der Waals surface area (Å²) in [7, 11) is 0. The van der Waals surface area contributed by atoms with E-state index in [0.717, 1.165) is 25.9 Å². The molecule has 2 aliphatic rings. The zero-order valence-corrected chi connectivity index (χ0v) is 12.0. The van der Waals surface area contributed by atoms with Crippen LogP contribution in [0, 0.1) is 0 Å². The van der Waals surface area contributed by atoms with Crippen molar-refractivity contribution in [3.8, 4) is 0 Å². The third kappa shape index (κ3) is 3.62. The molecule has 0 radical (unpaired) electrons. The van der Waals surface area contributed by atoms with Crippen molar-refractivity contribution in [2.75, 3.05) is 19.3 Å². The van der Waals surface area contributed by atoms with Crippen LogP contribution in [-0.2, 0) is 0 Å². The Morgan fingerprint density at radius 1 is 0.941 bits per heavy atom. The minimum Gasteiger partial charge on any atom is -0.389 e. The van der Waals surface area contributed by atoms with Crippen LogP contribution in [-0.4, -0.2) is 34.8 Å². The Morgan fingerprint density at radius 2 is 1.53 bits per heavy atom. The lowest BCUT2D eigenvalue weighted by atomic mass is 9.85. The first-order valence-electron chi connectivity index (χ1n) is 7.16. The number of aliphatic hydroxyl groups is 1. The van der Waals surface area contributed by atoms with Crippen LogP contribution in [0.1, 0.15) is 57.8 Å². The van der Waals surface area contributed by atoms with Crippen molar-refractivity contribution in [3.63, 3.8) is 0 Å². The van der Waals surface area contributed by atoms with E-state index in [1.807, 2.05) is 11.8 Å². The predicted octanol–water partition coefficient (Wildman–Crippen LogP) is 2.95. The van der Waals surface area contributed by atoms with E-state index in [0.29, 0.717) is 4.75 Å². The molecule has 17 heavy (non-hydrogen) atoms. The molecule has 2 nitrogen and oxygen atoms in total.